The van der Waals surface area contributed by atoms with Gasteiger partial charge in [0.25, 0.3) is 0 Å². The molecule has 1 aromatic heterocycles. The molecule has 1 aliphatic heterocycles. The van der Waals surface area contributed by atoms with Crippen molar-refractivity contribution >= 4 is 22.4 Å². The second-order valence-electron chi connectivity index (χ2n) is 5.72. The van der Waals surface area contributed by atoms with Crippen LogP contribution in [0.4, 0.5) is 5.13 Å². The maximum Gasteiger partial charge on any atom is 0.240 e. The Bertz CT molecular complexity index is 467. The Hall–Kier alpha value is -1.05. The van der Waals surface area contributed by atoms with Gasteiger partial charge in [-0.15, -0.1) is 10.2 Å². The summed E-state index contributed by atoms with van der Waals surface area (Å²) in [5, 5.41) is 13.0. The number of amides is 1. The van der Waals surface area contributed by atoms with Crippen molar-refractivity contribution in [3.05, 3.63) is 5.01 Å². The zero-order chi connectivity index (χ0) is 14.5. The Morgan fingerprint density at radius 1 is 1.24 bits per heavy atom. The summed E-state index contributed by atoms with van der Waals surface area (Å²) in [5.74, 6) is 0.532. The number of nitrogens with one attached hydrogen (secondary N) is 1. The van der Waals surface area contributed by atoms with Crippen LogP contribution in [0.2, 0.25) is 0 Å². The second-order valence-corrected chi connectivity index (χ2v) is 6.73. The van der Waals surface area contributed by atoms with E-state index in [1.807, 2.05) is 0 Å². The highest BCUT2D eigenvalue weighted by atomic mass is 32.1. The molecule has 1 saturated heterocycles. The van der Waals surface area contributed by atoms with Crippen LogP contribution in [-0.4, -0.2) is 53.9 Å². The number of ether oxygens (including phenoxy) is 1. The van der Waals surface area contributed by atoms with Crippen molar-refractivity contribution in [3.63, 3.8) is 0 Å². The van der Waals surface area contributed by atoms with Crippen molar-refractivity contribution in [2.24, 2.45) is 0 Å². The summed E-state index contributed by atoms with van der Waals surface area (Å²) in [6.45, 7) is 3.45. The van der Waals surface area contributed by atoms with Crippen LogP contribution < -0.4 is 5.32 Å². The standard InChI is InChI=1S/C14H22N4O2S/c19-12(10-18-6-8-20-9-7-18)15-14-17-16-13(21-14)11-4-2-1-3-5-11/h11H,1-10H2,(H,15,17,19). The molecule has 3 rings (SSSR count). The highest BCUT2D eigenvalue weighted by Gasteiger charge is 2.21. The predicted molar refractivity (Wildman–Crippen MR) is 81.6 cm³/mol. The van der Waals surface area contributed by atoms with Crippen LogP contribution in [0.25, 0.3) is 0 Å². The lowest BCUT2D eigenvalue weighted by molar-refractivity contribution is -0.118. The molecule has 0 radical (unpaired) electrons. The van der Waals surface area contributed by atoms with Gasteiger partial charge in [0, 0.05) is 19.0 Å². The zero-order valence-corrected chi connectivity index (χ0v) is 13.0. The van der Waals surface area contributed by atoms with E-state index in [1.165, 1.54) is 43.4 Å². The quantitative estimate of drug-likeness (QED) is 0.919. The van der Waals surface area contributed by atoms with Gasteiger partial charge in [-0.25, -0.2) is 0 Å². The fourth-order valence-electron chi connectivity index (χ4n) is 2.92. The summed E-state index contributed by atoms with van der Waals surface area (Å²) in [6, 6.07) is 0. The number of carbonyl (C=O) groups excluding carboxylic acids is 1. The van der Waals surface area contributed by atoms with Crippen LogP contribution in [0.3, 0.4) is 0 Å². The maximum absolute atomic E-state index is 12.0. The Balaban J connectivity index is 1.50. The number of anilines is 1. The van der Waals surface area contributed by atoms with Crippen LogP contribution in [0, 0.1) is 0 Å². The van der Waals surface area contributed by atoms with Gasteiger partial charge in [-0.2, -0.15) is 0 Å². The van der Waals surface area contributed by atoms with Crippen LogP contribution >= 0.6 is 11.3 Å². The molecule has 2 heterocycles. The van der Waals surface area contributed by atoms with Gasteiger partial charge < -0.3 is 4.74 Å². The molecule has 6 nitrogen and oxygen atoms in total. The topological polar surface area (TPSA) is 67.3 Å². The number of morpholine rings is 1. The number of nitrogens with zero attached hydrogens (tertiary/aromatic N) is 3. The Morgan fingerprint density at radius 2 is 2.00 bits per heavy atom. The Labute approximate surface area is 128 Å². The molecule has 21 heavy (non-hydrogen) atoms. The number of aromatic nitrogens is 2. The first-order chi connectivity index (χ1) is 10.3. The van der Waals surface area contributed by atoms with Gasteiger partial charge in [0.1, 0.15) is 5.01 Å². The van der Waals surface area contributed by atoms with Gasteiger partial charge in [-0.1, -0.05) is 30.6 Å². The normalized spacial score (nSPS) is 21.3. The minimum absolute atomic E-state index is 0.0109. The molecule has 1 aliphatic carbocycles. The molecular weight excluding hydrogens is 288 g/mol. The van der Waals surface area contributed by atoms with Gasteiger partial charge in [0.05, 0.1) is 19.8 Å². The van der Waals surface area contributed by atoms with Gasteiger partial charge in [-0.05, 0) is 12.8 Å². The van der Waals surface area contributed by atoms with E-state index in [4.69, 9.17) is 4.74 Å². The summed E-state index contributed by atoms with van der Waals surface area (Å²) >= 11 is 1.53. The van der Waals surface area contributed by atoms with E-state index in [0.29, 0.717) is 30.8 Å². The lowest BCUT2D eigenvalue weighted by Gasteiger charge is -2.25. The smallest absolute Gasteiger partial charge is 0.240 e. The summed E-state index contributed by atoms with van der Waals surface area (Å²) in [5.41, 5.74) is 0. The number of hydrogen-bond donors (Lipinski definition) is 1. The summed E-state index contributed by atoms with van der Waals surface area (Å²) in [7, 11) is 0. The average molecular weight is 310 g/mol. The molecular formula is C14H22N4O2S. The molecule has 1 N–H and O–H groups in total. The van der Waals surface area contributed by atoms with Crippen LogP contribution in [-0.2, 0) is 9.53 Å². The van der Waals surface area contributed by atoms with E-state index >= 15 is 0 Å². The number of carbonyl (C=O) groups is 1. The van der Waals surface area contributed by atoms with Crippen molar-refractivity contribution in [1.82, 2.24) is 15.1 Å². The fraction of sp³-hybridized carbons (Fsp3) is 0.786. The lowest BCUT2D eigenvalue weighted by Crippen LogP contribution is -2.41. The highest BCUT2D eigenvalue weighted by Crippen LogP contribution is 2.35. The third kappa shape index (κ3) is 4.21. The lowest BCUT2D eigenvalue weighted by atomic mass is 9.90. The van der Waals surface area contributed by atoms with Gasteiger partial charge in [-0.3, -0.25) is 15.0 Å². The van der Waals surface area contributed by atoms with Gasteiger partial charge in [0.2, 0.25) is 11.0 Å². The molecule has 0 atom stereocenters. The molecule has 116 valence electrons. The third-order valence-electron chi connectivity index (χ3n) is 4.11. The molecule has 1 amide bonds. The number of hydrogen-bond acceptors (Lipinski definition) is 6. The van der Waals surface area contributed by atoms with Crippen molar-refractivity contribution in [2.45, 2.75) is 38.0 Å². The van der Waals surface area contributed by atoms with E-state index in [0.717, 1.165) is 18.1 Å². The minimum atomic E-state index is -0.0109. The van der Waals surface area contributed by atoms with E-state index in [2.05, 4.69) is 20.4 Å². The Morgan fingerprint density at radius 3 is 2.76 bits per heavy atom. The average Bonchev–Trinajstić information content (AvgIpc) is 2.97. The van der Waals surface area contributed by atoms with Crippen molar-refractivity contribution < 1.29 is 9.53 Å². The summed E-state index contributed by atoms with van der Waals surface area (Å²) < 4.78 is 5.28. The highest BCUT2D eigenvalue weighted by molar-refractivity contribution is 7.15. The van der Waals surface area contributed by atoms with Crippen LogP contribution in [0.15, 0.2) is 0 Å². The third-order valence-corrected chi connectivity index (χ3v) is 5.11. The summed E-state index contributed by atoms with van der Waals surface area (Å²) in [4.78, 5) is 14.1. The van der Waals surface area contributed by atoms with Gasteiger partial charge >= 0.3 is 0 Å². The second kappa shape index (κ2) is 7.29. The predicted octanol–water partition coefficient (Wildman–Crippen LogP) is 1.86. The van der Waals surface area contributed by atoms with Crippen molar-refractivity contribution in [1.29, 1.82) is 0 Å². The molecule has 0 unspecified atom stereocenters. The SMILES string of the molecule is O=C(CN1CCOCC1)Nc1nnc(C2CCCCC2)s1. The molecule has 7 heteroatoms. The molecule has 0 spiro atoms. The largest absolute Gasteiger partial charge is 0.379 e. The van der Waals surface area contributed by atoms with E-state index in [-0.39, 0.29) is 5.91 Å². The van der Waals surface area contributed by atoms with Crippen molar-refractivity contribution in [2.75, 3.05) is 38.2 Å². The van der Waals surface area contributed by atoms with Crippen molar-refractivity contribution in [3.8, 4) is 0 Å². The van der Waals surface area contributed by atoms with E-state index in [1.54, 1.807) is 0 Å². The summed E-state index contributed by atoms with van der Waals surface area (Å²) in [6.07, 6.45) is 6.30. The molecule has 2 fully saturated rings. The first-order valence-electron chi connectivity index (χ1n) is 7.74. The van der Waals surface area contributed by atoms with E-state index in [9.17, 15) is 4.79 Å². The molecule has 1 aromatic rings. The molecule has 1 saturated carbocycles. The Kier molecular flexibility index (Phi) is 5.16. The first kappa shape index (κ1) is 14.9. The first-order valence-corrected chi connectivity index (χ1v) is 8.56. The minimum Gasteiger partial charge on any atom is -0.379 e. The molecule has 0 bridgehead atoms. The number of rotatable bonds is 4. The molecule has 2 aliphatic rings. The fourth-order valence-corrected chi connectivity index (χ4v) is 3.85. The van der Waals surface area contributed by atoms with Crippen LogP contribution in [0.5, 0.6) is 0 Å². The van der Waals surface area contributed by atoms with Gasteiger partial charge in [0.15, 0.2) is 0 Å². The molecule has 0 aromatic carbocycles. The van der Waals surface area contributed by atoms with Crippen LogP contribution in [0.1, 0.15) is 43.0 Å². The zero-order valence-electron chi connectivity index (χ0n) is 12.2. The monoisotopic (exact) mass is 310 g/mol. The van der Waals surface area contributed by atoms with E-state index < -0.39 is 0 Å². The maximum atomic E-state index is 12.0.